The van der Waals surface area contributed by atoms with Crippen LogP contribution in [-0.4, -0.2) is 38.1 Å². The van der Waals surface area contributed by atoms with Gasteiger partial charge in [-0.05, 0) is 32.9 Å². The third-order valence-corrected chi connectivity index (χ3v) is 5.16. The van der Waals surface area contributed by atoms with E-state index < -0.39 is 0 Å². The van der Waals surface area contributed by atoms with Gasteiger partial charge < -0.3 is 14.4 Å². The molecule has 6 heteroatoms. The molecule has 2 heterocycles. The molecule has 1 aliphatic rings. The second-order valence-electron chi connectivity index (χ2n) is 7.18. The molecule has 0 aliphatic carbocycles. The summed E-state index contributed by atoms with van der Waals surface area (Å²) in [5.41, 5.74) is 4.07. The van der Waals surface area contributed by atoms with Gasteiger partial charge in [-0.1, -0.05) is 0 Å². The largest absolute Gasteiger partial charge is 0.488 e. The Morgan fingerprint density at radius 3 is 2.40 bits per heavy atom. The molecule has 0 fully saturated rings. The van der Waals surface area contributed by atoms with Crippen LogP contribution in [0, 0.1) is 0 Å². The van der Waals surface area contributed by atoms with Gasteiger partial charge in [0.15, 0.2) is 18.2 Å². The van der Waals surface area contributed by atoms with Crippen molar-refractivity contribution in [1.29, 1.82) is 0 Å². The molecular weight excluding hydrogens is 380 g/mol. The van der Waals surface area contributed by atoms with Crippen LogP contribution in [-0.2, 0) is 20.9 Å². The van der Waals surface area contributed by atoms with Crippen LogP contribution < -0.4 is 14.2 Å². The highest BCUT2D eigenvalue weighted by Crippen LogP contribution is 2.40. The van der Waals surface area contributed by atoms with Crippen molar-refractivity contribution in [2.24, 2.45) is 0 Å². The first-order valence-electron chi connectivity index (χ1n) is 10.4. The zero-order chi connectivity index (χ0) is 21.7. The molecule has 2 aromatic rings. The Labute approximate surface area is 177 Å². The third-order valence-electron chi connectivity index (χ3n) is 5.16. The van der Waals surface area contributed by atoms with Crippen molar-refractivity contribution in [3.8, 4) is 5.75 Å². The van der Waals surface area contributed by atoms with E-state index in [1.54, 1.807) is 30.8 Å². The Morgan fingerprint density at radius 1 is 1.10 bits per heavy atom. The number of pyridine rings is 1. The van der Waals surface area contributed by atoms with Gasteiger partial charge in [0.25, 0.3) is 0 Å². The Morgan fingerprint density at radius 2 is 1.80 bits per heavy atom. The van der Waals surface area contributed by atoms with Gasteiger partial charge in [-0.25, -0.2) is 4.79 Å². The summed E-state index contributed by atoms with van der Waals surface area (Å²) in [6, 6.07) is 9.79. The number of carbonyl (C=O) groups excluding carboxylic acids is 2. The van der Waals surface area contributed by atoms with Crippen molar-refractivity contribution in [2.45, 2.75) is 34.2 Å². The number of anilines is 1. The number of hydrogen-bond acceptors (Lipinski definition) is 5. The van der Waals surface area contributed by atoms with Gasteiger partial charge in [0.2, 0.25) is 6.54 Å². The number of ether oxygens (including phenoxy) is 2. The molecule has 0 N–H and O–H groups in total. The van der Waals surface area contributed by atoms with E-state index in [-0.39, 0.29) is 11.8 Å². The van der Waals surface area contributed by atoms with E-state index in [1.807, 2.05) is 24.3 Å². The lowest BCUT2D eigenvalue weighted by atomic mass is 9.96. The quantitative estimate of drug-likeness (QED) is 0.380. The molecule has 158 valence electrons. The zero-order valence-electron chi connectivity index (χ0n) is 18.1. The lowest BCUT2D eigenvalue weighted by Crippen LogP contribution is -2.36. The standard InChI is InChI=1S/C24H29N2O4/c1-5-26(6-2)19-8-9-20-21(16-30-22(20)14-19)23(24(28)29-7-3)18-10-12-25(13-11-18)15-17(4)27/h8-14H,5-7,15-16H2,1-4H3/q+1. The first-order chi connectivity index (χ1) is 14.5. The summed E-state index contributed by atoms with van der Waals surface area (Å²) in [4.78, 5) is 26.5. The Balaban J connectivity index is 2.05. The van der Waals surface area contributed by atoms with Gasteiger partial charge in [-0.3, -0.25) is 4.79 Å². The van der Waals surface area contributed by atoms with E-state index in [4.69, 9.17) is 9.47 Å². The molecule has 1 aromatic carbocycles. The molecule has 0 atom stereocenters. The maximum absolute atomic E-state index is 12.9. The van der Waals surface area contributed by atoms with E-state index in [0.717, 1.165) is 41.2 Å². The van der Waals surface area contributed by atoms with Crippen LogP contribution in [0.25, 0.3) is 11.1 Å². The predicted octanol–water partition coefficient (Wildman–Crippen LogP) is 3.28. The SMILES string of the molecule is CCOC(=O)/C(=C1/COc2cc(N(CC)CC)ccc21)c1cc[n+](CC(C)=O)cc1. The fourth-order valence-electron chi connectivity index (χ4n) is 3.70. The van der Waals surface area contributed by atoms with Crippen LogP contribution in [0.4, 0.5) is 5.69 Å². The highest BCUT2D eigenvalue weighted by Gasteiger charge is 2.28. The van der Waals surface area contributed by atoms with Crippen molar-refractivity contribution in [1.82, 2.24) is 0 Å². The van der Waals surface area contributed by atoms with Gasteiger partial charge in [0, 0.05) is 60.6 Å². The Bertz CT molecular complexity index is 960. The number of ketones is 1. The second-order valence-corrected chi connectivity index (χ2v) is 7.18. The van der Waals surface area contributed by atoms with E-state index in [0.29, 0.717) is 25.3 Å². The molecule has 0 unspecified atom stereocenters. The van der Waals surface area contributed by atoms with Crippen LogP contribution in [0.3, 0.4) is 0 Å². The van der Waals surface area contributed by atoms with Crippen LogP contribution in [0.2, 0.25) is 0 Å². The molecule has 0 radical (unpaired) electrons. The molecule has 0 saturated heterocycles. The van der Waals surface area contributed by atoms with Crippen molar-refractivity contribution in [2.75, 3.05) is 31.2 Å². The fourth-order valence-corrected chi connectivity index (χ4v) is 3.70. The van der Waals surface area contributed by atoms with Gasteiger partial charge in [0.05, 0.1) is 12.2 Å². The minimum atomic E-state index is -0.374. The summed E-state index contributed by atoms with van der Waals surface area (Å²) < 4.78 is 13.1. The zero-order valence-corrected chi connectivity index (χ0v) is 18.1. The molecule has 0 bridgehead atoms. The molecule has 1 aliphatic heterocycles. The summed E-state index contributed by atoms with van der Waals surface area (Å²) in [5.74, 6) is 0.471. The maximum Gasteiger partial charge on any atom is 0.339 e. The van der Waals surface area contributed by atoms with E-state index in [9.17, 15) is 9.59 Å². The number of esters is 1. The second kappa shape index (κ2) is 9.57. The van der Waals surface area contributed by atoms with Gasteiger partial charge >= 0.3 is 5.97 Å². The van der Waals surface area contributed by atoms with E-state index in [2.05, 4.69) is 24.8 Å². The lowest BCUT2D eigenvalue weighted by Gasteiger charge is -2.21. The monoisotopic (exact) mass is 409 g/mol. The Hall–Kier alpha value is -3.15. The van der Waals surface area contributed by atoms with Crippen LogP contribution in [0.1, 0.15) is 38.8 Å². The number of hydrogen-bond donors (Lipinski definition) is 0. The number of nitrogens with zero attached hydrogens (tertiary/aromatic N) is 2. The number of carbonyl (C=O) groups is 2. The first-order valence-corrected chi connectivity index (χ1v) is 10.4. The topological polar surface area (TPSA) is 59.7 Å². The molecular formula is C24H29N2O4+. The summed E-state index contributed by atoms with van der Waals surface area (Å²) in [5, 5.41) is 0. The number of rotatable bonds is 8. The lowest BCUT2D eigenvalue weighted by molar-refractivity contribution is -0.684. The summed E-state index contributed by atoms with van der Waals surface area (Å²) in [6.07, 6.45) is 3.60. The summed E-state index contributed by atoms with van der Waals surface area (Å²) in [6.45, 7) is 10.3. The normalized spacial score (nSPS) is 14.0. The highest BCUT2D eigenvalue weighted by molar-refractivity contribution is 6.25. The van der Waals surface area contributed by atoms with Crippen molar-refractivity contribution in [3.63, 3.8) is 0 Å². The Kier molecular flexibility index (Phi) is 6.87. The molecule has 6 nitrogen and oxygen atoms in total. The first kappa shape index (κ1) is 21.6. The average molecular weight is 410 g/mol. The highest BCUT2D eigenvalue weighted by atomic mass is 16.5. The van der Waals surface area contributed by atoms with Crippen molar-refractivity contribution in [3.05, 3.63) is 53.9 Å². The molecule has 30 heavy (non-hydrogen) atoms. The number of fused-ring (bicyclic) bond motifs is 1. The number of benzene rings is 1. The molecule has 0 amide bonds. The van der Waals surface area contributed by atoms with Crippen LogP contribution >= 0.6 is 0 Å². The van der Waals surface area contributed by atoms with Crippen molar-refractivity contribution >= 4 is 28.6 Å². The van der Waals surface area contributed by atoms with E-state index in [1.165, 1.54) is 0 Å². The molecule has 3 rings (SSSR count). The minimum absolute atomic E-state index is 0.0684. The smallest absolute Gasteiger partial charge is 0.339 e. The fraction of sp³-hybridized carbons (Fsp3) is 0.375. The van der Waals surface area contributed by atoms with E-state index >= 15 is 0 Å². The molecule has 1 aromatic heterocycles. The predicted molar refractivity (Wildman–Crippen MR) is 116 cm³/mol. The van der Waals surface area contributed by atoms with Crippen molar-refractivity contribution < 1.29 is 23.6 Å². The van der Waals surface area contributed by atoms with Gasteiger partial charge in [-0.15, -0.1) is 0 Å². The van der Waals surface area contributed by atoms with Gasteiger partial charge in [0.1, 0.15) is 12.4 Å². The minimum Gasteiger partial charge on any atom is -0.488 e. The van der Waals surface area contributed by atoms with Crippen LogP contribution in [0.5, 0.6) is 5.75 Å². The number of Topliss-reactive ketones (excluding diaryl/α,β-unsaturated/α-hetero) is 1. The van der Waals surface area contributed by atoms with Crippen LogP contribution in [0.15, 0.2) is 42.7 Å². The number of aromatic nitrogens is 1. The molecule has 0 spiro atoms. The van der Waals surface area contributed by atoms with Gasteiger partial charge in [-0.2, -0.15) is 4.57 Å². The summed E-state index contributed by atoms with van der Waals surface area (Å²) >= 11 is 0. The maximum atomic E-state index is 12.9. The average Bonchev–Trinajstić information content (AvgIpc) is 3.13. The third kappa shape index (κ3) is 4.53. The molecule has 0 saturated carbocycles. The summed E-state index contributed by atoms with van der Waals surface area (Å²) in [7, 11) is 0.